The maximum absolute atomic E-state index is 5.47. The lowest BCUT2D eigenvalue weighted by molar-refractivity contribution is 0.0228. The largest absolute Gasteiger partial charge is 0.381 e. The van der Waals surface area contributed by atoms with E-state index in [9.17, 15) is 0 Å². The molecular weight excluding hydrogens is 234 g/mol. The van der Waals surface area contributed by atoms with Crippen molar-refractivity contribution in [1.82, 2.24) is 5.32 Å². The predicted molar refractivity (Wildman–Crippen MR) is 80.4 cm³/mol. The quantitative estimate of drug-likeness (QED) is 0.869. The third kappa shape index (κ3) is 4.05. The van der Waals surface area contributed by atoms with E-state index < -0.39 is 0 Å². The Hall–Kier alpha value is -0.860. The maximum Gasteiger partial charge on any atom is 0.0471 e. The molecule has 1 aromatic rings. The van der Waals surface area contributed by atoms with Gasteiger partial charge in [-0.25, -0.2) is 0 Å². The first-order chi connectivity index (χ1) is 9.13. The molecule has 0 aliphatic carbocycles. The molecule has 2 heteroatoms. The van der Waals surface area contributed by atoms with Crippen molar-refractivity contribution in [1.29, 1.82) is 0 Å². The van der Waals surface area contributed by atoms with Gasteiger partial charge >= 0.3 is 0 Å². The number of rotatable bonds is 5. The summed E-state index contributed by atoms with van der Waals surface area (Å²) >= 11 is 0. The number of hydrogen-bond acceptors (Lipinski definition) is 2. The van der Waals surface area contributed by atoms with E-state index in [0.717, 1.165) is 26.2 Å². The highest BCUT2D eigenvalue weighted by atomic mass is 16.5. The van der Waals surface area contributed by atoms with Gasteiger partial charge in [-0.15, -0.1) is 0 Å². The third-order valence-electron chi connectivity index (χ3n) is 4.36. The minimum Gasteiger partial charge on any atom is -0.381 e. The Kier molecular flexibility index (Phi) is 5.00. The zero-order valence-corrected chi connectivity index (χ0v) is 12.5. The molecule has 2 rings (SSSR count). The van der Waals surface area contributed by atoms with Crippen LogP contribution in [0.25, 0.3) is 0 Å². The molecule has 1 unspecified atom stereocenters. The fourth-order valence-corrected chi connectivity index (χ4v) is 2.71. The van der Waals surface area contributed by atoms with Gasteiger partial charge in [0, 0.05) is 25.8 Å². The van der Waals surface area contributed by atoms with Gasteiger partial charge in [-0.3, -0.25) is 0 Å². The molecule has 1 atom stereocenters. The number of aryl methyl sites for hydroxylation is 1. The van der Waals surface area contributed by atoms with Crippen LogP contribution < -0.4 is 5.32 Å². The van der Waals surface area contributed by atoms with Crippen molar-refractivity contribution >= 4 is 0 Å². The van der Waals surface area contributed by atoms with Crippen LogP contribution in [0.5, 0.6) is 0 Å². The van der Waals surface area contributed by atoms with Crippen molar-refractivity contribution in [2.45, 2.75) is 46.1 Å². The second-order valence-electron chi connectivity index (χ2n) is 6.18. The fraction of sp³-hybridized carbons (Fsp3) is 0.647. The molecule has 1 N–H and O–H groups in total. The van der Waals surface area contributed by atoms with Gasteiger partial charge in [-0.2, -0.15) is 0 Å². The van der Waals surface area contributed by atoms with E-state index in [1.54, 1.807) is 0 Å². The van der Waals surface area contributed by atoms with Crippen LogP contribution in [0.4, 0.5) is 0 Å². The third-order valence-corrected chi connectivity index (χ3v) is 4.36. The molecule has 0 radical (unpaired) electrons. The van der Waals surface area contributed by atoms with Crippen LogP contribution in [-0.2, 0) is 4.74 Å². The number of ether oxygens (including phenoxy) is 1. The van der Waals surface area contributed by atoms with Gasteiger partial charge in [0.05, 0.1) is 0 Å². The van der Waals surface area contributed by atoms with E-state index in [1.165, 1.54) is 24.0 Å². The molecule has 0 amide bonds. The predicted octanol–water partition coefficient (Wildman–Crippen LogP) is 3.85. The molecule has 1 fully saturated rings. The van der Waals surface area contributed by atoms with E-state index in [2.05, 4.69) is 50.4 Å². The number of benzene rings is 1. The van der Waals surface area contributed by atoms with E-state index in [4.69, 9.17) is 4.74 Å². The molecule has 1 aliphatic heterocycles. The Bertz CT molecular complexity index is 379. The minimum atomic E-state index is 0.399. The lowest BCUT2D eigenvalue weighted by Gasteiger charge is -2.35. The van der Waals surface area contributed by atoms with Crippen LogP contribution in [0.2, 0.25) is 0 Å². The molecule has 0 aromatic heterocycles. The summed E-state index contributed by atoms with van der Waals surface area (Å²) in [5, 5.41) is 3.76. The van der Waals surface area contributed by atoms with E-state index in [1.807, 2.05) is 0 Å². The van der Waals surface area contributed by atoms with Gasteiger partial charge in [0.1, 0.15) is 0 Å². The lowest BCUT2D eigenvalue weighted by Crippen LogP contribution is -2.38. The van der Waals surface area contributed by atoms with Gasteiger partial charge in [0.2, 0.25) is 0 Å². The zero-order valence-electron chi connectivity index (χ0n) is 12.5. The van der Waals surface area contributed by atoms with Crippen molar-refractivity contribution in [2.75, 3.05) is 19.8 Å². The molecule has 1 aliphatic rings. The highest BCUT2D eigenvalue weighted by molar-refractivity contribution is 5.24. The highest BCUT2D eigenvalue weighted by Gasteiger charge is 2.27. The molecule has 1 aromatic carbocycles. The molecule has 1 heterocycles. The first-order valence-corrected chi connectivity index (χ1v) is 7.51. The summed E-state index contributed by atoms with van der Waals surface area (Å²) in [5.74, 6) is 0. The standard InChI is InChI=1S/C17H27NO/c1-4-16(15-7-5-14(2)6-8-15)18-13-17(3)9-11-19-12-10-17/h5-8,16,18H,4,9-13H2,1-3H3. The van der Waals surface area contributed by atoms with Gasteiger partial charge in [-0.05, 0) is 37.2 Å². The monoisotopic (exact) mass is 261 g/mol. The maximum atomic E-state index is 5.47. The molecule has 19 heavy (non-hydrogen) atoms. The average molecular weight is 261 g/mol. The summed E-state index contributed by atoms with van der Waals surface area (Å²) in [6.07, 6.45) is 3.48. The molecule has 1 saturated heterocycles. The van der Waals surface area contributed by atoms with Gasteiger partial charge in [-0.1, -0.05) is 43.7 Å². The first kappa shape index (κ1) is 14.5. The fourth-order valence-electron chi connectivity index (χ4n) is 2.71. The van der Waals surface area contributed by atoms with Crippen LogP contribution >= 0.6 is 0 Å². The molecule has 0 spiro atoms. The number of nitrogens with one attached hydrogen (secondary N) is 1. The molecular formula is C17H27NO. The SMILES string of the molecule is CCC(NCC1(C)CCOCC1)c1ccc(C)cc1. The highest BCUT2D eigenvalue weighted by Crippen LogP contribution is 2.30. The van der Waals surface area contributed by atoms with Crippen molar-refractivity contribution in [3.63, 3.8) is 0 Å². The Morgan fingerprint density at radius 1 is 1.21 bits per heavy atom. The van der Waals surface area contributed by atoms with Gasteiger partial charge in [0.15, 0.2) is 0 Å². The average Bonchev–Trinajstić information content (AvgIpc) is 2.42. The summed E-state index contributed by atoms with van der Waals surface area (Å²) in [6, 6.07) is 9.39. The Balaban J connectivity index is 1.93. The lowest BCUT2D eigenvalue weighted by atomic mass is 9.82. The second kappa shape index (κ2) is 6.53. The Morgan fingerprint density at radius 2 is 1.84 bits per heavy atom. The summed E-state index contributed by atoms with van der Waals surface area (Å²) in [4.78, 5) is 0. The van der Waals surface area contributed by atoms with E-state index in [-0.39, 0.29) is 0 Å². The molecule has 2 nitrogen and oxygen atoms in total. The van der Waals surface area contributed by atoms with Gasteiger partial charge < -0.3 is 10.1 Å². The summed E-state index contributed by atoms with van der Waals surface area (Å²) < 4.78 is 5.47. The second-order valence-corrected chi connectivity index (χ2v) is 6.18. The first-order valence-electron chi connectivity index (χ1n) is 7.51. The van der Waals surface area contributed by atoms with Gasteiger partial charge in [0.25, 0.3) is 0 Å². The molecule has 0 bridgehead atoms. The van der Waals surface area contributed by atoms with Crippen molar-refractivity contribution in [3.8, 4) is 0 Å². The smallest absolute Gasteiger partial charge is 0.0471 e. The van der Waals surface area contributed by atoms with Crippen LogP contribution in [-0.4, -0.2) is 19.8 Å². The zero-order chi connectivity index (χ0) is 13.7. The van der Waals surface area contributed by atoms with Crippen LogP contribution in [0, 0.1) is 12.3 Å². The summed E-state index contributed by atoms with van der Waals surface area (Å²) in [6.45, 7) is 9.69. The Morgan fingerprint density at radius 3 is 2.42 bits per heavy atom. The van der Waals surface area contributed by atoms with E-state index in [0.29, 0.717) is 11.5 Å². The van der Waals surface area contributed by atoms with Crippen molar-refractivity contribution < 1.29 is 4.74 Å². The number of hydrogen-bond donors (Lipinski definition) is 1. The summed E-state index contributed by atoms with van der Waals surface area (Å²) in [7, 11) is 0. The molecule has 0 saturated carbocycles. The topological polar surface area (TPSA) is 21.3 Å². The van der Waals surface area contributed by atoms with E-state index >= 15 is 0 Å². The molecule has 106 valence electrons. The van der Waals surface area contributed by atoms with Crippen LogP contribution in [0.15, 0.2) is 24.3 Å². The van der Waals surface area contributed by atoms with Crippen LogP contribution in [0.1, 0.15) is 50.3 Å². The van der Waals surface area contributed by atoms with Crippen molar-refractivity contribution in [2.24, 2.45) is 5.41 Å². The van der Waals surface area contributed by atoms with Crippen molar-refractivity contribution in [3.05, 3.63) is 35.4 Å². The van der Waals surface area contributed by atoms with Crippen LogP contribution in [0.3, 0.4) is 0 Å². The summed E-state index contributed by atoms with van der Waals surface area (Å²) in [5.41, 5.74) is 3.13. The minimum absolute atomic E-state index is 0.399. The normalized spacial score (nSPS) is 20.2. The Labute approximate surface area is 117 Å².